The molecule has 0 fully saturated rings. The number of aromatic nitrogens is 1. The standard InChI is InChI=1S/C10H9ClN2O2/c1-2-15-10(14)4-7-3-9(11)13-6-8(7)5-12/h3,6H,2,4H2,1H3. The number of carbonyl (C=O) groups is 1. The van der Waals surface area contributed by atoms with Gasteiger partial charge in [0.1, 0.15) is 11.2 Å². The first-order valence-corrected chi connectivity index (χ1v) is 4.75. The van der Waals surface area contributed by atoms with Gasteiger partial charge >= 0.3 is 5.97 Å². The third kappa shape index (κ3) is 3.22. The smallest absolute Gasteiger partial charge is 0.310 e. The molecule has 0 aliphatic carbocycles. The predicted octanol–water partition coefficient (Wildman–Crippen LogP) is 1.71. The lowest BCUT2D eigenvalue weighted by atomic mass is 10.1. The van der Waals surface area contributed by atoms with Gasteiger partial charge in [-0.15, -0.1) is 0 Å². The SMILES string of the molecule is CCOC(=O)Cc1cc(Cl)ncc1C#N. The topological polar surface area (TPSA) is 63.0 Å². The van der Waals surface area contributed by atoms with Crippen molar-refractivity contribution in [3.05, 3.63) is 28.5 Å². The lowest BCUT2D eigenvalue weighted by molar-refractivity contribution is -0.142. The van der Waals surface area contributed by atoms with E-state index >= 15 is 0 Å². The Morgan fingerprint density at radius 2 is 2.47 bits per heavy atom. The lowest BCUT2D eigenvalue weighted by Crippen LogP contribution is -2.08. The van der Waals surface area contributed by atoms with Crippen LogP contribution in [0.15, 0.2) is 12.3 Å². The fourth-order valence-corrected chi connectivity index (χ4v) is 1.26. The molecule has 0 aromatic carbocycles. The van der Waals surface area contributed by atoms with Crippen molar-refractivity contribution in [2.45, 2.75) is 13.3 Å². The normalized spacial score (nSPS) is 9.40. The zero-order chi connectivity index (χ0) is 11.3. The number of pyridine rings is 1. The maximum atomic E-state index is 11.2. The summed E-state index contributed by atoms with van der Waals surface area (Å²) in [5.41, 5.74) is 0.878. The van der Waals surface area contributed by atoms with E-state index in [1.54, 1.807) is 6.92 Å². The first kappa shape index (κ1) is 11.5. The van der Waals surface area contributed by atoms with Gasteiger partial charge in [0.25, 0.3) is 0 Å². The van der Waals surface area contributed by atoms with Crippen LogP contribution in [0.5, 0.6) is 0 Å². The van der Waals surface area contributed by atoms with Crippen molar-refractivity contribution < 1.29 is 9.53 Å². The Labute approximate surface area is 92.4 Å². The van der Waals surface area contributed by atoms with Gasteiger partial charge in [-0.1, -0.05) is 11.6 Å². The molecule has 0 unspecified atom stereocenters. The average Bonchev–Trinajstić information content (AvgIpc) is 2.18. The number of nitriles is 1. The van der Waals surface area contributed by atoms with Crippen molar-refractivity contribution in [3.63, 3.8) is 0 Å². The van der Waals surface area contributed by atoms with E-state index in [1.807, 2.05) is 6.07 Å². The van der Waals surface area contributed by atoms with Crippen LogP contribution in [-0.4, -0.2) is 17.6 Å². The molecule has 0 atom stereocenters. The maximum absolute atomic E-state index is 11.2. The summed E-state index contributed by atoms with van der Waals surface area (Å²) in [6, 6.07) is 3.44. The van der Waals surface area contributed by atoms with E-state index in [-0.39, 0.29) is 17.5 Å². The third-order valence-corrected chi connectivity index (χ3v) is 1.92. The molecule has 0 bridgehead atoms. The summed E-state index contributed by atoms with van der Waals surface area (Å²) < 4.78 is 4.77. The van der Waals surface area contributed by atoms with Gasteiger partial charge in [-0.25, -0.2) is 4.98 Å². The summed E-state index contributed by atoms with van der Waals surface area (Å²) in [4.78, 5) is 15.0. The second-order valence-electron chi connectivity index (χ2n) is 2.76. The van der Waals surface area contributed by atoms with Crippen LogP contribution >= 0.6 is 11.6 Å². The van der Waals surface area contributed by atoms with E-state index in [4.69, 9.17) is 21.6 Å². The van der Waals surface area contributed by atoms with Crippen molar-refractivity contribution in [2.24, 2.45) is 0 Å². The molecule has 0 spiro atoms. The number of esters is 1. The van der Waals surface area contributed by atoms with E-state index < -0.39 is 0 Å². The maximum Gasteiger partial charge on any atom is 0.310 e. The highest BCUT2D eigenvalue weighted by Gasteiger charge is 2.09. The summed E-state index contributed by atoms with van der Waals surface area (Å²) in [5.74, 6) is -0.378. The third-order valence-electron chi connectivity index (χ3n) is 1.72. The molecule has 1 aromatic heterocycles. The van der Waals surface area contributed by atoms with Crippen LogP contribution < -0.4 is 0 Å². The molecule has 1 aromatic rings. The van der Waals surface area contributed by atoms with Crippen LogP contribution in [0.3, 0.4) is 0 Å². The number of nitrogens with zero attached hydrogens (tertiary/aromatic N) is 2. The van der Waals surface area contributed by atoms with E-state index in [0.717, 1.165) is 0 Å². The summed E-state index contributed by atoms with van der Waals surface area (Å²) in [6.45, 7) is 2.04. The van der Waals surface area contributed by atoms with Crippen molar-refractivity contribution in [1.82, 2.24) is 4.98 Å². The molecular weight excluding hydrogens is 216 g/mol. The van der Waals surface area contributed by atoms with E-state index in [0.29, 0.717) is 17.7 Å². The molecule has 0 radical (unpaired) electrons. The molecule has 0 saturated heterocycles. The first-order chi connectivity index (χ1) is 7.17. The number of carbonyl (C=O) groups excluding carboxylic acids is 1. The Balaban J connectivity index is 2.88. The van der Waals surface area contributed by atoms with Crippen molar-refractivity contribution in [1.29, 1.82) is 5.26 Å². The average molecular weight is 225 g/mol. The Hall–Kier alpha value is -1.60. The Kier molecular flexibility index (Phi) is 4.07. The molecule has 78 valence electrons. The van der Waals surface area contributed by atoms with Gasteiger partial charge < -0.3 is 4.74 Å². The summed E-state index contributed by atoms with van der Waals surface area (Å²) in [5, 5.41) is 9.02. The molecule has 1 heterocycles. The largest absolute Gasteiger partial charge is 0.466 e. The fraction of sp³-hybridized carbons (Fsp3) is 0.300. The van der Waals surface area contributed by atoms with Gasteiger partial charge in [0.05, 0.1) is 18.6 Å². The lowest BCUT2D eigenvalue weighted by Gasteiger charge is -2.03. The molecule has 5 heteroatoms. The van der Waals surface area contributed by atoms with Gasteiger partial charge in [-0.3, -0.25) is 4.79 Å². The Morgan fingerprint density at radius 3 is 3.07 bits per heavy atom. The molecular formula is C10H9ClN2O2. The van der Waals surface area contributed by atoms with Gasteiger partial charge in [-0.05, 0) is 18.6 Å². The minimum absolute atomic E-state index is 0.0406. The quantitative estimate of drug-likeness (QED) is 0.579. The van der Waals surface area contributed by atoms with Crippen molar-refractivity contribution in [2.75, 3.05) is 6.61 Å². The van der Waals surface area contributed by atoms with Crippen LogP contribution in [-0.2, 0) is 16.0 Å². The minimum Gasteiger partial charge on any atom is -0.466 e. The summed E-state index contributed by atoms with van der Waals surface area (Å²) in [7, 11) is 0. The molecule has 0 N–H and O–H groups in total. The Morgan fingerprint density at radius 1 is 1.73 bits per heavy atom. The van der Waals surface area contributed by atoms with Crippen LogP contribution in [0.4, 0.5) is 0 Å². The molecule has 0 saturated carbocycles. The number of ether oxygens (including phenoxy) is 1. The van der Waals surface area contributed by atoms with Crippen LogP contribution in [0.25, 0.3) is 0 Å². The van der Waals surface area contributed by atoms with E-state index in [1.165, 1.54) is 12.3 Å². The number of halogens is 1. The number of hydrogen-bond acceptors (Lipinski definition) is 4. The highest BCUT2D eigenvalue weighted by Crippen LogP contribution is 2.13. The van der Waals surface area contributed by atoms with Gasteiger partial charge in [-0.2, -0.15) is 5.26 Å². The summed E-state index contributed by atoms with van der Waals surface area (Å²) >= 11 is 5.66. The number of rotatable bonds is 3. The molecule has 0 aliphatic rings. The summed E-state index contributed by atoms with van der Waals surface area (Å²) in [6.07, 6.45) is 1.38. The zero-order valence-corrected chi connectivity index (χ0v) is 8.91. The molecule has 1 rings (SSSR count). The zero-order valence-electron chi connectivity index (χ0n) is 8.16. The van der Waals surface area contributed by atoms with Gasteiger partial charge in [0.2, 0.25) is 0 Å². The monoisotopic (exact) mass is 224 g/mol. The van der Waals surface area contributed by atoms with Crippen LogP contribution in [0.2, 0.25) is 5.15 Å². The molecule has 4 nitrogen and oxygen atoms in total. The highest BCUT2D eigenvalue weighted by atomic mass is 35.5. The second kappa shape index (κ2) is 5.32. The van der Waals surface area contributed by atoms with E-state index in [2.05, 4.69) is 4.98 Å². The van der Waals surface area contributed by atoms with Gasteiger partial charge in [0.15, 0.2) is 0 Å². The minimum atomic E-state index is -0.378. The van der Waals surface area contributed by atoms with Crippen molar-refractivity contribution >= 4 is 17.6 Å². The van der Waals surface area contributed by atoms with Crippen LogP contribution in [0, 0.1) is 11.3 Å². The second-order valence-corrected chi connectivity index (χ2v) is 3.15. The fourth-order valence-electron chi connectivity index (χ4n) is 1.08. The number of hydrogen-bond donors (Lipinski definition) is 0. The van der Waals surface area contributed by atoms with Crippen LogP contribution in [0.1, 0.15) is 18.1 Å². The first-order valence-electron chi connectivity index (χ1n) is 4.37. The molecule has 15 heavy (non-hydrogen) atoms. The van der Waals surface area contributed by atoms with E-state index in [9.17, 15) is 4.79 Å². The van der Waals surface area contributed by atoms with Gasteiger partial charge in [0, 0.05) is 6.20 Å². The molecule has 0 aliphatic heterocycles. The Bertz CT molecular complexity index is 412. The highest BCUT2D eigenvalue weighted by molar-refractivity contribution is 6.29. The molecule has 0 amide bonds. The predicted molar refractivity (Wildman–Crippen MR) is 54.3 cm³/mol. The van der Waals surface area contributed by atoms with Crippen molar-refractivity contribution in [3.8, 4) is 6.07 Å².